The summed E-state index contributed by atoms with van der Waals surface area (Å²) >= 11 is 3.65. The summed E-state index contributed by atoms with van der Waals surface area (Å²) in [7, 11) is 0. The fourth-order valence-corrected chi connectivity index (χ4v) is 1.75. The number of esters is 1. The number of hydrogen-bond donors (Lipinski definition) is 4. The number of carbonyl (C=O) groups is 2. The van der Waals surface area contributed by atoms with E-state index in [9.17, 15) is 14.7 Å². The standard InChI is InChI=1S/C14H12N2O4S/c15-9-3-6-12(17)11(7-9)14(19)20-10-4-1-8(2-5-10)13(18)16-21/h1-7,17,21H,15H2,(H,16,18). The van der Waals surface area contributed by atoms with Gasteiger partial charge >= 0.3 is 5.97 Å². The van der Waals surface area contributed by atoms with Crippen molar-refractivity contribution < 1.29 is 19.4 Å². The number of nitrogen functional groups attached to an aromatic ring is 1. The van der Waals surface area contributed by atoms with Crippen LogP contribution in [0.3, 0.4) is 0 Å². The van der Waals surface area contributed by atoms with Gasteiger partial charge in [-0.2, -0.15) is 0 Å². The summed E-state index contributed by atoms with van der Waals surface area (Å²) in [6.45, 7) is 0. The number of hydrogen-bond acceptors (Lipinski definition) is 6. The van der Waals surface area contributed by atoms with E-state index in [0.717, 1.165) is 0 Å². The Balaban J connectivity index is 2.16. The van der Waals surface area contributed by atoms with Gasteiger partial charge in [0.05, 0.1) is 0 Å². The van der Waals surface area contributed by atoms with Gasteiger partial charge < -0.3 is 15.6 Å². The molecule has 2 aromatic carbocycles. The minimum Gasteiger partial charge on any atom is -0.507 e. The summed E-state index contributed by atoms with van der Waals surface area (Å²) in [5, 5.41) is 9.61. The number of amides is 1. The number of ether oxygens (including phenoxy) is 1. The fraction of sp³-hybridized carbons (Fsp3) is 0. The van der Waals surface area contributed by atoms with Crippen molar-refractivity contribution in [3.63, 3.8) is 0 Å². The number of aromatic hydroxyl groups is 1. The van der Waals surface area contributed by atoms with E-state index >= 15 is 0 Å². The van der Waals surface area contributed by atoms with Gasteiger partial charge in [-0.05, 0) is 42.5 Å². The normalized spacial score (nSPS) is 9.95. The van der Waals surface area contributed by atoms with Crippen molar-refractivity contribution in [2.24, 2.45) is 0 Å². The molecule has 7 heteroatoms. The second-order valence-corrected chi connectivity index (χ2v) is 4.36. The Kier molecular flexibility index (Phi) is 4.34. The molecule has 1 amide bonds. The topological polar surface area (TPSA) is 102 Å². The Morgan fingerprint density at radius 2 is 1.81 bits per heavy atom. The molecule has 4 N–H and O–H groups in total. The maximum atomic E-state index is 11.9. The summed E-state index contributed by atoms with van der Waals surface area (Å²) in [5.41, 5.74) is 6.23. The summed E-state index contributed by atoms with van der Waals surface area (Å²) in [4.78, 5) is 23.2. The van der Waals surface area contributed by atoms with Crippen LogP contribution in [0.25, 0.3) is 0 Å². The highest BCUT2D eigenvalue weighted by Gasteiger charge is 2.14. The van der Waals surface area contributed by atoms with Crippen molar-refractivity contribution in [1.29, 1.82) is 0 Å². The summed E-state index contributed by atoms with van der Waals surface area (Å²) in [6.07, 6.45) is 0. The van der Waals surface area contributed by atoms with E-state index in [1.807, 2.05) is 0 Å². The smallest absolute Gasteiger partial charge is 0.347 e. The monoisotopic (exact) mass is 304 g/mol. The average molecular weight is 304 g/mol. The van der Waals surface area contributed by atoms with Gasteiger partial charge in [0, 0.05) is 11.3 Å². The zero-order chi connectivity index (χ0) is 15.4. The lowest BCUT2D eigenvalue weighted by Gasteiger charge is -2.07. The second kappa shape index (κ2) is 6.19. The third-order valence-corrected chi connectivity index (χ3v) is 2.87. The quantitative estimate of drug-likeness (QED) is 0.228. The van der Waals surface area contributed by atoms with Gasteiger partial charge in [-0.15, -0.1) is 0 Å². The van der Waals surface area contributed by atoms with Crippen LogP contribution in [-0.2, 0) is 0 Å². The molecule has 2 aromatic rings. The van der Waals surface area contributed by atoms with Gasteiger partial charge in [-0.25, -0.2) is 4.79 Å². The van der Waals surface area contributed by atoms with Crippen molar-refractivity contribution in [2.45, 2.75) is 0 Å². The number of thiol groups is 1. The summed E-state index contributed by atoms with van der Waals surface area (Å²) in [6, 6.07) is 9.98. The minimum atomic E-state index is -0.744. The summed E-state index contributed by atoms with van der Waals surface area (Å²) in [5.74, 6) is -1.10. The molecule has 6 nitrogen and oxygen atoms in total. The van der Waals surface area contributed by atoms with E-state index in [2.05, 4.69) is 17.5 Å². The molecule has 0 unspecified atom stereocenters. The lowest BCUT2D eigenvalue weighted by atomic mass is 10.2. The first-order valence-corrected chi connectivity index (χ1v) is 6.31. The predicted molar refractivity (Wildman–Crippen MR) is 80.4 cm³/mol. The van der Waals surface area contributed by atoms with E-state index in [1.165, 1.54) is 42.5 Å². The van der Waals surface area contributed by atoms with Gasteiger partial charge in [0.2, 0.25) is 0 Å². The van der Waals surface area contributed by atoms with Crippen LogP contribution >= 0.6 is 12.8 Å². The Bertz CT molecular complexity index is 686. The van der Waals surface area contributed by atoms with Crippen LogP contribution in [0.15, 0.2) is 42.5 Å². The molecule has 0 aliphatic heterocycles. The Labute approximate surface area is 126 Å². The molecule has 0 bridgehead atoms. The summed E-state index contributed by atoms with van der Waals surface area (Å²) < 4.78 is 7.28. The molecule has 0 saturated heterocycles. The SMILES string of the molecule is Nc1ccc(O)c(C(=O)Oc2ccc(C(=O)NS)cc2)c1. The third kappa shape index (κ3) is 3.46. The Hall–Kier alpha value is -2.67. The molecule has 21 heavy (non-hydrogen) atoms. The van der Waals surface area contributed by atoms with Gasteiger partial charge in [-0.3, -0.25) is 9.52 Å². The molecule has 0 heterocycles. The minimum absolute atomic E-state index is 0.0350. The molecule has 0 aliphatic carbocycles. The first-order chi connectivity index (χ1) is 10.0. The molecule has 0 spiro atoms. The average Bonchev–Trinajstić information content (AvgIpc) is 2.49. The molecule has 0 radical (unpaired) electrons. The zero-order valence-corrected chi connectivity index (χ0v) is 11.6. The Morgan fingerprint density at radius 3 is 2.43 bits per heavy atom. The van der Waals surface area contributed by atoms with Crippen molar-refractivity contribution in [3.8, 4) is 11.5 Å². The predicted octanol–water partition coefficient (Wildman–Crippen LogP) is 1.77. The van der Waals surface area contributed by atoms with E-state index in [4.69, 9.17) is 10.5 Å². The van der Waals surface area contributed by atoms with Gasteiger partial charge in [0.1, 0.15) is 17.1 Å². The molecule has 0 aromatic heterocycles. The highest BCUT2D eigenvalue weighted by molar-refractivity contribution is 7.78. The number of nitrogens with one attached hydrogen (secondary N) is 1. The van der Waals surface area contributed by atoms with Crippen molar-refractivity contribution >= 4 is 30.4 Å². The van der Waals surface area contributed by atoms with Gasteiger partial charge in [0.25, 0.3) is 5.91 Å². The number of phenols is 1. The van der Waals surface area contributed by atoms with Crippen LogP contribution in [-0.4, -0.2) is 17.0 Å². The highest BCUT2D eigenvalue weighted by Crippen LogP contribution is 2.22. The third-order valence-electron chi connectivity index (χ3n) is 2.67. The van der Waals surface area contributed by atoms with Crippen molar-refractivity contribution in [2.75, 3.05) is 5.73 Å². The molecule has 0 atom stereocenters. The first-order valence-electron chi connectivity index (χ1n) is 5.86. The van der Waals surface area contributed by atoms with Gasteiger partial charge in [0.15, 0.2) is 0 Å². The highest BCUT2D eigenvalue weighted by atomic mass is 32.1. The lowest BCUT2D eigenvalue weighted by Crippen LogP contribution is -2.13. The number of carbonyl (C=O) groups excluding carboxylic acids is 2. The van der Waals surface area contributed by atoms with E-state index in [-0.39, 0.29) is 23.0 Å². The molecular formula is C14H12N2O4S. The van der Waals surface area contributed by atoms with Gasteiger partial charge in [-0.1, -0.05) is 12.8 Å². The Morgan fingerprint density at radius 1 is 1.14 bits per heavy atom. The van der Waals surface area contributed by atoms with E-state index in [1.54, 1.807) is 0 Å². The number of rotatable bonds is 3. The van der Waals surface area contributed by atoms with Crippen LogP contribution in [0.2, 0.25) is 0 Å². The van der Waals surface area contributed by atoms with Crippen LogP contribution in [0.4, 0.5) is 5.69 Å². The van der Waals surface area contributed by atoms with Crippen LogP contribution in [0.1, 0.15) is 20.7 Å². The van der Waals surface area contributed by atoms with Crippen LogP contribution in [0.5, 0.6) is 11.5 Å². The van der Waals surface area contributed by atoms with E-state index in [0.29, 0.717) is 11.3 Å². The molecule has 2 rings (SSSR count). The fourth-order valence-electron chi connectivity index (χ4n) is 1.62. The maximum Gasteiger partial charge on any atom is 0.347 e. The zero-order valence-electron chi connectivity index (χ0n) is 10.7. The molecule has 0 saturated carbocycles. The number of phenolic OH excluding ortho intramolecular Hbond substituents is 1. The molecule has 0 fully saturated rings. The van der Waals surface area contributed by atoms with Crippen molar-refractivity contribution in [3.05, 3.63) is 53.6 Å². The van der Waals surface area contributed by atoms with Crippen molar-refractivity contribution in [1.82, 2.24) is 4.72 Å². The largest absolute Gasteiger partial charge is 0.507 e. The van der Waals surface area contributed by atoms with Crippen LogP contribution < -0.4 is 15.2 Å². The van der Waals surface area contributed by atoms with E-state index < -0.39 is 5.97 Å². The molecule has 0 aliphatic rings. The molecular weight excluding hydrogens is 292 g/mol. The number of anilines is 1. The first kappa shape index (κ1) is 14.7. The molecule has 108 valence electrons. The maximum absolute atomic E-state index is 11.9. The lowest BCUT2D eigenvalue weighted by molar-refractivity contribution is 0.0731. The number of nitrogens with two attached hydrogens (primary N) is 1. The number of benzene rings is 2. The second-order valence-electron chi connectivity index (χ2n) is 4.13. The van der Waals surface area contributed by atoms with Crippen LogP contribution in [0, 0.1) is 0 Å².